The highest BCUT2D eigenvalue weighted by atomic mass is 32.2. The predicted molar refractivity (Wildman–Crippen MR) is 47.9 cm³/mol. The Morgan fingerprint density at radius 3 is 2.00 bits per heavy atom. The van der Waals surface area contributed by atoms with E-state index in [1.807, 2.05) is 33.1 Å². The van der Waals surface area contributed by atoms with Gasteiger partial charge < -0.3 is 0 Å². The van der Waals surface area contributed by atoms with Crippen molar-refractivity contribution in [1.29, 1.82) is 0 Å². The summed E-state index contributed by atoms with van der Waals surface area (Å²) in [5.74, 6) is 0. The Kier molecular flexibility index (Phi) is 13.7. The van der Waals surface area contributed by atoms with Crippen LogP contribution in [0.2, 0.25) is 0 Å². The van der Waals surface area contributed by atoms with Gasteiger partial charge in [-0.15, -0.1) is 0 Å². The summed E-state index contributed by atoms with van der Waals surface area (Å²) in [5.41, 5.74) is 1.26. The Balaban J connectivity index is 0. The van der Waals surface area contributed by atoms with Crippen molar-refractivity contribution >= 4 is 18.7 Å². The largest absolute Gasteiger partial charge is 0.228 e. The molecule has 0 saturated carbocycles. The van der Waals surface area contributed by atoms with Gasteiger partial charge in [0.1, 0.15) is 0 Å². The lowest BCUT2D eigenvalue weighted by molar-refractivity contribution is 1.41. The topological polar surface area (TPSA) is 12.4 Å². The zero-order valence-corrected chi connectivity index (χ0v) is 7.46. The van der Waals surface area contributed by atoms with Gasteiger partial charge in [0.2, 0.25) is 0 Å². The van der Waals surface area contributed by atoms with Gasteiger partial charge in [0.05, 0.1) is 0 Å². The normalized spacial score (nSPS) is 6.67. The molecule has 0 bridgehead atoms. The predicted octanol–water partition coefficient (Wildman–Crippen LogP) is 3.29. The molecule has 0 radical (unpaired) electrons. The van der Waals surface area contributed by atoms with Crippen molar-refractivity contribution in [1.82, 2.24) is 0 Å². The standard InChI is InChI=1S/C5H9NS.C2H6/c1-5(2)4-7-6-3;1-2/h4H,3H2,1-2H3;1-2H3. The van der Waals surface area contributed by atoms with Crippen LogP contribution in [-0.2, 0) is 0 Å². The van der Waals surface area contributed by atoms with Gasteiger partial charge in [0.25, 0.3) is 0 Å². The van der Waals surface area contributed by atoms with Crippen LogP contribution in [0, 0.1) is 0 Å². The molecular formula is C7H15NS. The van der Waals surface area contributed by atoms with Gasteiger partial charge in [0.15, 0.2) is 0 Å². The minimum atomic E-state index is 1.26. The molecule has 0 aromatic rings. The molecule has 0 fully saturated rings. The molecule has 0 saturated heterocycles. The van der Waals surface area contributed by atoms with E-state index in [4.69, 9.17) is 0 Å². The van der Waals surface area contributed by atoms with Gasteiger partial charge in [-0.1, -0.05) is 19.4 Å². The Morgan fingerprint density at radius 1 is 1.44 bits per heavy atom. The minimum Gasteiger partial charge on any atom is -0.228 e. The summed E-state index contributed by atoms with van der Waals surface area (Å²) in [6, 6.07) is 0. The summed E-state index contributed by atoms with van der Waals surface area (Å²) in [7, 11) is 0. The van der Waals surface area contributed by atoms with Crippen LogP contribution in [0.3, 0.4) is 0 Å². The zero-order valence-electron chi connectivity index (χ0n) is 6.64. The zero-order chi connectivity index (χ0) is 7.70. The Morgan fingerprint density at radius 2 is 1.89 bits per heavy atom. The van der Waals surface area contributed by atoms with Crippen molar-refractivity contribution in [3.8, 4) is 0 Å². The van der Waals surface area contributed by atoms with Crippen molar-refractivity contribution in [3.05, 3.63) is 11.0 Å². The Bertz CT molecular complexity index is 82.9. The third-order valence-electron chi connectivity index (χ3n) is 0.363. The molecule has 0 atom stereocenters. The highest BCUT2D eigenvalue weighted by Crippen LogP contribution is 2.04. The second kappa shape index (κ2) is 10.7. The lowest BCUT2D eigenvalue weighted by Crippen LogP contribution is -1.54. The summed E-state index contributed by atoms with van der Waals surface area (Å²) >= 11 is 1.37. The molecule has 0 unspecified atom stereocenters. The molecule has 9 heavy (non-hydrogen) atoms. The van der Waals surface area contributed by atoms with E-state index in [2.05, 4.69) is 11.1 Å². The first-order valence-electron chi connectivity index (χ1n) is 3.02. The van der Waals surface area contributed by atoms with Crippen LogP contribution >= 0.6 is 11.9 Å². The SMILES string of the molecule is C=NSC=C(C)C.CC. The molecule has 0 aliphatic heterocycles. The van der Waals surface area contributed by atoms with E-state index in [-0.39, 0.29) is 0 Å². The summed E-state index contributed by atoms with van der Waals surface area (Å²) in [5, 5.41) is 1.95. The average Bonchev–Trinajstić information content (AvgIpc) is 1.88. The highest BCUT2D eigenvalue weighted by molar-refractivity contribution is 8.00. The van der Waals surface area contributed by atoms with Crippen molar-refractivity contribution < 1.29 is 0 Å². The lowest BCUT2D eigenvalue weighted by Gasteiger charge is -1.80. The van der Waals surface area contributed by atoms with Crippen molar-refractivity contribution in [3.63, 3.8) is 0 Å². The van der Waals surface area contributed by atoms with E-state index in [9.17, 15) is 0 Å². The smallest absolute Gasteiger partial charge is 0.00141 e. The maximum absolute atomic E-state index is 3.57. The molecule has 0 spiro atoms. The van der Waals surface area contributed by atoms with Crippen LogP contribution in [-0.4, -0.2) is 6.72 Å². The van der Waals surface area contributed by atoms with Crippen LogP contribution in [0.5, 0.6) is 0 Å². The first-order chi connectivity index (χ1) is 4.27. The van der Waals surface area contributed by atoms with E-state index in [1.165, 1.54) is 17.5 Å². The number of hydrogen-bond donors (Lipinski definition) is 0. The Labute approximate surface area is 62.4 Å². The first kappa shape index (κ1) is 11.5. The van der Waals surface area contributed by atoms with E-state index in [0.29, 0.717) is 0 Å². The monoisotopic (exact) mass is 145 g/mol. The molecule has 54 valence electrons. The molecule has 0 aromatic carbocycles. The molecule has 0 aromatic heterocycles. The van der Waals surface area contributed by atoms with Crippen LogP contribution in [0.1, 0.15) is 27.7 Å². The first-order valence-corrected chi connectivity index (χ1v) is 3.86. The van der Waals surface area contributed by atoms with E-state index >= 15 is 0 Å². The summed E-state index contributed by atoms with van der Waals surface area (Å²) in [6.45, 7) is 11.4. The molecule has 0 aliphatic rings. The van der Waals surface area contributed by atoms with Gasteiger partial charge in [-0.05, 0) is 26.0 Å². The number of nitrogens with zero attached hydrogens (tertiary/aromatic N) is 1. The molecule has 0 aliphatic carbocycles. The van der Waals surface area contributed by atoms with Crippen molar-refractivity contribution in [2.45, 2.75) is 27.7 Å². The fourth-order valence-corrected chi connectivity index (χ4v) is 0.428. The second-order valence-electron chi connectivity index (χ2n) is 1.43. The maximum Gasteiger partial charge on any atom is 0.00141 e. The van der Waals surface area contributed by atoms with Crippen LogP contribution in [0.25, 0.3) is 0 Å². The summed E-state index contributed by atoms with van der Waals surface area (Å²) < 4.78 is 3.57. The quantitative estimate of drug-likeness (QED) is 0.429. The fraction of sp³-hybridized carbons (Fsp3) is 0.571. The number of rotatable bonds is 2. The highest BCUT2D eigenvalue weighted by Gasteiger charge is 1.71. The van der Waals surface area contributed by atoms with Gasteiger partial charge in [-0.2, -0.15) is 0 Å². The second-order valence-corrected chi connectivity index (χ2v) is 2.13. The van der Waals surface area contributed by atoms with Crippen LogP contribution in [0.4, 0.5) is 0 Å². The van der Waals surface area contributed by atoms with Crippen LogP contribution < -0.4 is 0 Å². The third-order valence-corrected chi connectivity index (χ3v) is 1.09. The van der Waals surface area contributed by atoms with Crippen molar-refractivity contribution in [2.75, 3.05) is 0 Å². The Hall–Kier alpha value is -0.240. The number of allylic oxidation sites excluding steroid dienone is 1. The lowest BCUT2D eigenvalue weighted by atomic mass is 10.4. The van der Waals surface area contributed by atoms with E-state index in [1.54, 1.807) is 0 Å². The molecule has 0 amide bonds. The van der Waals surface area contributed by atoms with Crippen molar-refractivity contribution in [2.24, 2.45) is 4.40 Å². The maximum atomic E-state index is 3.57. The van der Waals surface area contributed by atoms with Gasteiger partial charge in [-0.3, -0.25) is 0 Å². The minimum absolute atomic E-state index is 1.26. The van der Waals surface area contributed by atoms with Gasteiger partial charge >= 0.3 is 0 Å². The molecule has 0 rings (SSSR count). The van der Waals surface area contributed by atoms with Crippen LogP contribution in [0.15, 0.2) is 15.4 Å². The van der Waals surface area contributed by atoms with Gasteiger partial charge in [-0.25, -0.2) is 4.40 Å². The molecule has 2 heteroatoms. The average molecular weight is 145 g/mol. The number of hydrogen-bond acceptors (Lipinski definition) is 2. The molecule has 0 N–H and O–H groups in total. The molecule has 0 heterocycles. The fourth-order valence-electron chi connectivity index (χ4n) is 0.143. The molecule has 1 nitrogen and oxygen atoms in total. The van der Waals surface area contributed by atoms with E-state index < -0.39 is 0 Å². The molecular weight excluding hydrogens is 130 g/mol. The van der Waals surface area contributed by atoms with E-state index in [0.717, 1.165) is 0 Å². The third kappa shape index (κ3) is 18.2. The summed E-state index contributed by atoms with van der Waals surface area (Å²) in [6.07, 6.45) is 0. The summed E-state index contributed by atoms with van der Waals surface area (Å²) in [4.78, 5) is 0. The van der Waals surface area contributed by atoms with Gasteiger partial charge in [0, 0.05) is 11.9 Å².